The van der Waals surface area contributed by atoms with Gasteiger partial charge in [-0.2, -0.15) is 0 Å². The molecule has 0 N–H and O–H groups in total. The molecule has 16 heavy (non-hydrogen) atoms. The third kappa shape index (κ3) is 2.85. The molecule has 1 aliphatic carbocycles. The van der Waals surface area contributed by atoms with Crippen molar-refractivity contribution in [3.05, 3.63) is 0 Å². The fraction of sp³-hybridized carbons (Fsp3) is 0.929. The van der Waals surface area contributed by atoms with E-state index in [1.165, 1.54) is 6.42 Å². The lowest BCUT2D eigenvalue weighted by molar-refractivity contribution is -0.151. The first kappa shape index (κ1) is 13.7. The third-order valence-corrected chi connectivity index (χ3v) is 3.96. The van der Waals surface area contributed by atoms with Crippen LogP contribution in [-0.2, 0) is 9.53 Å². The first-order valence-corrected chi connectivity index (χ1v) is 6.65. The van der Waals surface area contributed by atoms with Crippen LogP contribution >= 0.6 is 0 Å². The molecule has 1 fully saturated rings. The van der Waals surface area contributed by atoms with Gasteiger partial charge in [0.15, 0.2) is 5.78 Å². The summed E-state index contributed by atoms with van der Waals surface area (Å²) in [5, 5.41) is 0. The predicted octanol–water partition coefficient (Wildman–Crippen LogP) is 3.59. The number of ether oxygens (including phenoxy) is 1. The fourth-order valence-electron chi connectivity index (χ4n) is 3.03. The smallest absolute Gasteiger partial charge is 0.167 e. The highest BCUT2D eigenvalue weighted by Crippen LogP contribution is 2.37. The molecule has 1 aliphatic rings. The largest absolute Gasteiger partial charge is 0.370 e. The summed E-state index contributed by atoms with van der Waals surface area (Å²) in [6.07, 6.45) is 6.25. The highest BCUT2D eigenvalue weighted by molar-refractivity contribution is 5.89. The molecule has 0 aliphatic heterocycles. The Morgan fingerprint density at radius 3 is 2.75 bits per heavy atom. The van der Waals surface area contributed by atoms with Gasteiger partial charge in [0, 0.05) is 13.0 Å². The average molecular weight is 226 g/mol. The van der Waals surface area contributed by atoms with E-state index in [4.69, 9.17) is 4.74 Å². The van der Waals surface area contributed by atoms with E-state index in [2.05, 4.69) is 13.8 Å². The van der Waals surface area contributed by atoms with Crippen molar-refractivity contribution >= 4 is 5.78 Å². The quantitative estimate of drug-likeness (QED) is 0.716. The Hall–Kier alpha value is -0.370. The highest BCUT2D eigenvalue weighted by Gasteiger charge is 2.43. The molecule has 0 heterocycles. The zero-order chi connectivity index (χ0) is 12.2. The maximum Gasteiger partial charge on any atom is 0.167 e. The fourth-order valence-corrected chi connectivity index (χ4v) is 3.03. The van der Waals surface area contributed by atoms with Crippen molar-refractivity contribution in [3.63, 3.8) is 0 Å². The molecule has 0 bridgehead atoms. The topological polar surface area (TPSA) is 26.3 Å². The highest BCUT2D eigenvalue weighted by atomic mass is 16.5. The van der Waals surface area contributed by atoms with Crippen molar-refractivity contribution in [1.82, 2.24) is 0 Å². The van der Waals surface area contributed by atoms with E-state index in [1.807, 2.05) is 6.92 Å². The lowest BCUT2D eigenvalue weighted by atomic mass is 9.73. The van der Waals surface area contributed by atoms with Crippen LogP contribution in [0.15, 0.2) is 0 Å². The van der Waals surface area contributed by atoms with Gasteiger partial charge in [-0.3, -0.25) is 4.79 Å². The first-order chi connectivity index (χ1) is 7.55. The molecular weight excluding hydrogens is 200 g/mol. The molecule has 2 nitrogen and oxygen atoms in total. The molecule has 2 heteroatoms. The molecule has 0 spiro atoms. The molecule has 1 saturated carbocycles. The van der Waals surface area contributed by atoms with Gasteiger partial charge in [0.25, 0.3) is 0 Å². The summed E-state index contributed by atoms with van der Waals surface area (Å²) in [6, 6.07) is 0. The maximum atomic E-state index is 12.5. The monoisotopic (exact) mass is 226 g/mol. The Labute approximate surface area is 99.8 Å². The first-order valence-electron chi connectivity index (χ1n) is 6.65. The molecule has 0 saturated heterocycles. The van der Waals surface area contributed by atoms with E-state index in [0.717, 1.165) is 32.1 Å². The number of hydrogen-bond acceptors (Lipinski definition) is 2. The number of rotatable bonds is 5. The number of Topliss-reactive ketones (excluding diaryl/α,β-unsaturated/α-hetero) is 1. The Morgan fingerprint density at radius 2 is 2.25 bits per heavy atom. The van der Waals surface area contributed by atoms with Crippen molar-refractivity contribution in [2.24, 2.45) is 11.8 Å². The lowest BCUT2D eigenvalue weighted by Crippen LogP contribution is -2.47. The Morgan fingerprint density at radius 1 is 1.56 bits per heavy atom. The summed E-state index contributed by atoms with van der Waals surface area (Å²) < 4.78 is 5.63. The number of ketones is 1. The summed E-state index contributed by atoms with van der Waals surface area (Å²) in [6.45, 7) is 6.41. The Kier molecular flexibility index (Phi) is 4.97. The van der Waals surface area contributed by atoms with Crippen LogP contribution in [0, 0.1) is 11.8 Å². The molecule has 0 amide bonds. The minimum absolute atomic E-state index is 0.148. The summed E-state index contributed by atoms with van der Waals surface area (Å²) in [5.41, 5.74) is -0.466. The number of carbonyl (C=O) groups excluding carboxylic acids is 1. The molecular formula is C14H26O2. The summed E-state index contributed by atoms with van der Waals surface area (Å²) >= 11 is 0. The van der Waals surface area contributed by atoms with Crippen molar-refractivity contribution in [3.8, 4) is 0 Å². The summed E-state index contributed by atoms with van der Waals surface area (Å²) in [7, 11) is 1.70. The van der Waals surface area contributed by atoms with E-state index >= 15 is 0 Å². The average Bonchev–Trinajstić information content (AvgIpc) is 2.28. The van der Waals surface area contributed by atoms with Gasteiger partial charge in [-0.15, -0.1) is 0 Å². The van der Waals surface area contributed by atoms with Crippen LogP contribution in [-0.4, -0.2) is 18.5 Å². The van der Waals surface area contributed by atoms with Crippen LogP contribution in [0.5, 0.6) is 0 Å². The van der Waals surface area contributed by atoms with Gasteiger partial charge in [-0.25, -0.2) is 0 Å². The van der Waals surface area contributed by atoms with E-state index in [-0.39, 0.29) is 5.92 Å². The van der Waals surface area contributed by atoms with Gasteiger partial charge >= 0.3 is 0 Å². The molecule has 94 valence electrons. The van der Waals surface area contributed by atoms with Crippen LogP contribution in [0.4, 0.5) is 0 Å². The zero-order valence-corrected chi connectivity index (χ0v) is 11.2. The summed E-state index contributed by atoms with van der Waals surface area (Å²) in [4.78, 5) is 12.5. The van der Waals surface area contributed by atoms with Gasteiger partial charge in [-0.05, 0) is 31.6 Å². The zero-order valence-electron chi connectivity index (χ0n) is 11.2. The Balaban J connectivity index is 2.74. The van der Waals surface area contributed by atoms with E-state index in [9.17, 15) is 4.79 Å². The van der Waals surface area contributed by atoms with Gasteiger partial charge in [-0.1, -0.05) is 33.6 Å². The second kappa shape index (κ2) is 5.81. The van der Waals surface area contributed by atoms with Crippen molar-refractivity contribution in [2.75, 3.05) is 7.11 Å². The molecule has 0 aromatic rings. The van der Waals surface area contributed by atoms with Gasteiger partial charge < -0.3 is 4.74 Å². The summed E-state index contributed by atoms with van der Waals surface area (Å²) in [5.74, 6) is 1.10. The van der Waals surface area contributed by atoms with Crippen molar-refractivity contribution in [1.29, 1.82) is 0 Å². The van der Waals surface area contributed by atoms with Gasteiger partial charge in [0.1, 0.15) is 5.60 Å². The van der Waals surface area contributed by atoms with Crippen LogP contribution < -0.4 is 0 Å². The molecule has 0 radical (unpaired) electrons. The minimum atomic E-state index is -0.466. The molecule has 0 aromatic heterocycles. The van der Waals surface area contributed by atoms with Gasteiger partial charge in [0.05, 0.1) is 0 Å². The standard InChI is InChI=1S/C14H26O2/c1-5-7-12(3)13(15)14(16-4)9-6-8-11(2)10-14/h11-12H,5-10H2,1-4H3. The molecule has 0 aromatic carbocycles. The minimum Gasteiger partial charge on any atom is -0.370 e. The van der Waals surface area contributed by atoms with Gasteiger partial charge in [0.2, 0.25) is 0 Å². The lowest BCUT2D eigenvalue weighted by Gasteiger charge is -2.39. The third-order valence-electron chi connectivity index (χ3n) is 3.96. The van der Waals surface area contributed by atoms with E-state index < -0.39 is 5.60 Å². The van der Waals surface area contributed by atoms with Crippen molar-refractivity contribution < 1.29 is 9.53 Å². The van der Waals surface area contributed by atoms with Crippen LogP contribution in [0.25, 0.3) is 0 Å². The Bertz CT molecular complexity index is 237. The second-order valence-electron chi connectivity index (χ2n) is 5.45. The predicted molar refractivity (Wildman–Crippen MR) is 66.5 cm³/mol. The number of carbonyl (C=O) groups is 1. The maximum absolute atomic E-state index is 12.5. The molecule has 1 rings (SSSR count). The van der Waals surface area contributed by atoms with Crippen LogP contribution in [0.1, 0.15) is 59.3 Å². The SMILES string of the molecule is CCCC(C)C(=O)C1(OC)CCCC(C)C1. The number of methoxy groups -OCH3 is 1. The van der Waals surface area contributed by atoms with Crippen LogP contribution in [0.3, 0.4) is 0 Å². The molecule has 3 unspecified atom stereocenters. The van der Waals surface area contributed by atoms with Crippen LogP contribution in [0.2, 0.25) is 0 Å². The van der Waals surface area contributed by atoms with E-state index in [1.54, 1.807) is 7.11 Å². The van der Waals surface area contributed by atoms with E-state index in [0.29, 0.717) is 11.7 Å². The number of hydrogen-bond donors (Lipinski definition) is 0. The van der Waals surface area contributed by atoms with Crippen molar-refractivity contribution in [2.45, 2.75) is 64.9 Å². The second-order valence-corrected chi connectivity index (χ2v) is 5.45. The molecule has 3 atom stereocenters. The normalized spacial score (nSPS) is 32.4.